The molecule has 1 N–H and O–H groups in total. The minimum atomic E-state index is -0.163. The Labute approximate surface area is 208 Å². The van der Waals surface area contributed by atoms with Gasteiger partial charge in [0.1, 0.15) is 0 Å². The van der Waals surface area contributed by atoms with E-state index in [2.05, 4.69) is 43.1 Å². The van der Waals surface area contributed by atoms with Gasteiger partial charge in [-0.15, -0.1) is 0 Å². The van der Waals surface area contributed by atoms with Crippen LogP contribution in [0, 0.1) is 0 Å². The second kappa shape index (κ2) is 10.6. The lowest BCUT2D eigenvalue weighted by molar-refractivity contribution is -0.111. The number of carbonyl (C=O) groups excluding carboxylic acids is 2. The number of nitrogens with one attached hydrogen (secondary N) is 1. The lowest BCUT2D eigenvalue weighted by Gasteiger charge is -2.36. The number of carbonyl (C=O) groups is 2. The molecule has 5 nitrogen and oxygen atoms in total. The first-order valence-electron chi connectivity index (χ1n) is 12.1. The van der Waals surface area contributed by atoms with E-state index >= 15 is 0 Å². The van der Waals surface area contributed by atoms with Crippen molar-refractivity contribution in [1.82, 2.24) is 4.90 Å². The zero-order valence-corrected chi connectivity index (χ0v) is 20.7. The van der Waals surface area contributed by atoms with E-state index in [1.54, 1.807) is 6.08 Å². The average molecular weight is 468 g/mol. The summed E-state index contributed by atoms with van der Waals surface area (Å²) in [5.41, 5.74) is 4.87. The molecule has 1 aliphatic heterocycles. The maximum Gasteiger partial charge on any atom is 0.253 e. The van der Waals surface area contributed by atoms with Gasteiger partial charge in [0, 0.05) is 49.2 Å². The van der Waals surface area contributed by atoms with E-state index in [9.17, 15) is 9.59 Å². The molecule has 4 rings (SSSR count). The van der Waals surface area contributed by atoms with Crippen molar-refractivity contribution in [2.24, 2.45) is 0 Å². The van der Waals surface area contributed by atoms with Crippen LogP contribution in [0.4, 0.5) is 11.4 Å². The molecule has 3 aromatic rings. The topological polar surface area (TPSA) is 52.7 Å². The molecule has 1 saturated heterocycles. The summed E-state index contributed by atoms with van der Waals surface area (Å²) in [6, 6.07) is 25.6. The Bertz CT molecular complexity index is 1170. The van der Waals surface area contributed by atoms with Crippen molar-refractivity contribution in [1.29, 1.82) is 0 Å². The molecule has 35 heavy (non-hydrogen) atoms. The smallest absolute Gasteiger partial charge is 0.253 e. The molecule has 1 aliphatic rings. The standard InChI is InChI=1S/C30H33N3O2/c1-30(2,3)25-12-10-24(11-13-25)29(35)33-21-19-32(20-22-33)27-16-14-26(15-17-27)31-28(34)18-9-23-7-5-4-6-8-23/h4-18H,19-22H2,1-3H3,(H,31,34)/b18-9+. The van der Waals surface area contributed by atoms with E-state index < -0.39 is 0 Å². The zero-order valence-electron chi connectivity index (χ0n) is 20.7. The molecule has 0 spiro atoms. The van der Waals surface area contributed by atoms with Crippen molar-refractivity contribution < 1.29 is 9.59 Å². The highest BCUT2D eigenvalue weighted by atomic mass is 16.2. The SMILES string of the molecule is CC(C)(C)c1ccc(C(=O)N2CCN(c3ccc(NC(=O)/C=C/c4ccccc4)cc3)CC2)cc1. The van der Waals surface area contributed by atoms with Crippen molar-refractivity contribution >= 4 is 29.3 Å². The van der Waals surface area contributed by atoms with Crippen molar-refractivity contribution in [3.8, 4) is 0 Å². The molecule has 0 bridgehead atoms. The molecule has 1 fully saturated rings. The van der Waals surface area contributed by atoms with Gasteiger partial charge in [-0.3, -0.25) is 9.59 Å². The first-order chi connectivity index (χ1) is 16.8. The van der Waals surface area contributed by atoms with E-state index in [-0.39, 0.29) is 17.2 Å². The van der Waals surface area contributed by atoms with E-state index in [4.69, 9.17) is 0 Å². The van der Waals surface area contributed by atoms with Gasteiger partial charge in [-0.1, -0.05) is 63.2 Å². The molecule has 0 aliphatic carbocycles. The quantitative estimate of drug-likeness (QED) is 0.497. The normalized spacial score (nSPS) is 14.3. The van der Waals surface area contributed by atoms with Gasteiger partial charge in [0.15, 0.2) is 0 Å². The summed E-state index contributed by atoms with van der Waals surface area (Å²) in [5, 5.41) is 2.90. The first-order valence-corrected chi connectivity index (χ1v) is 12.1. The molecule has 3 aromatic carbocycles. The van der Waals surface area contributed by atoms with Gasteiger partial charge in [-0.05, 0) is 59.0 Å². The predicted molar refractivity (Wildman–Crippen MR) is 144 cm³/mol. The Morgan fingerprint density at radius 3 is 2.03 bits per heavy atom. The van der Waals surface area contributed by atoms with E-state index in [0.717, 1.165) is 35.6 Å². The average Bonchev–Trinajstić information content (AvgIpc) is 2.88. The summed E-state index contributed by atoms with van der Waals surface area (Å²) < 4.78 is 0. The fraction of sp³-hybridized carbons (Fsp3) is 0.267. The molecule has 5 heteroatoms. The highest BCUT2D eigenvalue weighted by Gasteiger charge is 2.23. The van der Waals surface area contributed by atoms with Crippen LogP contribution in [0.25, 0.3) is 6.08 Å². The number of piperazine rings is 1. The Hall–Kier alpha value is -3.86. The lowest BCUT2D eigenvalue weighted by Crippen LogP contribution is -2.48. The Morgan fingerprint density at radius 1 is 0.800 bits per heavy atom. The number of amides is 2. The van der Waals surface area contributed by atoms with Gasteiger partial charge in [0.05, 0.1) is 0 Å². The Balaban J connectivity index is 1.29. The third-order valence-electron chi connectivity index (χ3n) is 6.29. The van der Waals surface area contributed by atoms with Crippen LogP contribution in [0.15, 0.2) is 84.9 Å². The summed E-state index contributed by atoms with van der Waals surface area (Å²) in [6.45, 7) is 9.44. The molecule has 2 amide bonds. The number of rotatable bonds is 5. The van der Waals surface area contributed by atoms with Crippen LogP contribution < -0.4 is 10.2 Å². The summed E-state index contributed by atoms with van der Waals surface area (Å²) >= 11 is 0. The van der Waals surface area contributed by atoms with Gasteiger partial charge in [0.2, 0.25) is 5.91 Å². The summed E-state index contributed by atoms with van der Waals surface area (Å²) in [7, 11) is 0. The maximum atomic E-state index is 13.0. The van der Waals surface area contributed by atoms with Crippen molar-refractivity contribution in [3.05, 3.63) is 102 Å². The molecule has 0 radical (unpaired) electrons. The first kappa shape index (κ1) is 24.3. The summed E-state index contributed by atoms with van der Waals surface area (Å²) in [5.74, 6) is -0.0732. The molecular weight excluding hydrogens is 434 g/mol. The number of anilines is 2. The van der Waals surface area contributed by atoms with Gasteiger partial charge in [-0.25, -0.2) is 0 Å². The van der Waals surface area contributed by atoms with Gasteiger partial charge in [0.25, 0.3) is 5.91 Å². The second-order valence-electron chi connectivity index (χ2n) is 9.89. The fourth-order valence-corrected chi connectivity index (χ4v) is 4.14. The van der Waals surface area contributed by atoms with Gasteiger partial charge in [-0.2, -0.15) is 0 Å². The molecule has 0 aromatic heterocycles. The van der Waals surface area contributed by atoms with Crippen LogP contribution in [0.5, 0.6) is 0 Å². The van der Waals surface area contributed by atoms with Gasteiger partial charge >= 0.3 is 0 Å². The van der Waals surface area contributed by atoms with Crippen LogP contribution in [0.2, 0.25) is 0 Å². The van der Waals surface area contributed by atoms with Crippen molar-refractivity contribution in [2.45, 2.75) is 26.2 Å². The highest BCUT2D eigenvalue weighted by Crippen LogP contribution is 2.23. The number of hydrogen-bond acceptors (Lipinski definition) is 3. The largest absolute Gasteiger partial charge is 0.368 e. The molecule has 1 heterocycles. The molecule has 0 unspecified atom stereocenters. The molecular formula is C30H33N3O2. The summed E-state index contributed by atoms with van der Waals surface area (Å²) in [4.78, 5) is 29.4. The van der Waals surface area contributed by atoms with Crippen LogP contribution in [0.1, 0.15) is 42.3 Å². The van der Waals surface area contributed by atoms with E-state index in [0.29, 0.717) is 13.1 Å². The number of hydrogen-bond donors (Lipinski definition) is 1. The van der Waals surface area contributed by atoms with E-state index in [1.807, 2.05) is 71.6 Å². The number of nitrogens with zero attached hydrogens (tertiary/aromatic N) is 2. The van der Waals surface area contributed by atoms with Crippen LogP contribution in [-0.2, 0) is 10.2 Å². The third-order valence-corrected chi connectivity index (χ3v) is 6.29. The zero-order chi connectivity index (χ0) is 24.8. The molecule has 0 saturated carbocycles. The van der Waals surface area contributed by atoms with Crippen molar-refractivity contribution in [3.63, 3.8) is 0 Å². The molecule has 0 atom stereocenters. The van der Waals surface area contributed by atoms with Crippen LogP contribution in [0.3, 0.4) is 0 Å². The fourth-order valence-electron chi connectivity index (χ4n) is 4.14. The third kappa shape index (κ3) is 6.38. The second-order valence-corrected chi connectivity index (χ2v) is 9.89. The lowest BCUT2D eigenvalue weighted by atomic mass is 9.86. The number of benzene rings is 3. The molecule has 180 valence electrons. The maximum absolute atomic E-state index is 13.0. The predicted octanol–water partition coefficient (Wildman–Crippen LogP) is 5.60. The van der Waals surface area contributed by atoms with Gasteiger partial charge < -0.3 is 15.1 Å². The van der Waals surface area contributed by atoms with Crippen LogP contribution >= 0.6 is 0 Å². The monoisotopic (exact) mass is 467 g/mol. The Kier molecular flexibility index (Phi) is 7.35. The minimum Gasteiger partial charge on any atom is -0.368 e. The van der Waals surface area contributed by atoms with Crippen molar-refractivity contribution in [2.75, 3.05) is 36.4 Å². The minimum absolute atomic E-state index is 0.0738. The Morgan fingerprint density at radius 2 is 1.43 bits per heavy atom. The van der Waals surface area contributed by atoms with E-state index in [1.165, 1.54) is 11.6 Å². The summed E-state index contributed by atoms with van der Waals surface area (Å²) in [6.07, 6.45) is 3.33. The highest BCUT2D eigenvalue weighted by molar-refractivity contribution is 6.02. The van der Waals surface area contributed by atoms with Crippen LogP contribution in [-0.4, -0.2) is 42.9 Å².